The van der Waals surface area contributed by atoms with Crippen LogP contribution in [0, 0.1) is 19.8 Å². The number of piperazine rings is 1. The number of carbonyl (C=O) groups excluding carboxylic acids is 2. The molecule has 4 rings (SSSR count). The second kappa shape index (κ2) is 10.4. The second-order valence-electron chi connectivity index (χ2n) is 11.3. The number of hydrogen-bond acceptors (Lipinski definition) is 4. The molecule has 34 heavy (non-hydrogen) atoms. The van der Waals surface area contributed by atoms with Gasteiger partial charge >= 0.3 is 0 Å². The summed E-state index contributed by atoms with van der Waals surface area (Å²) >= 11 is 0. The third-order valence-electron chi connectivity index (χ3n) is 8.42. The summed E-state index contributed by atoms with van der Waals surface area (Å²) in [5, 5.41) is 8.05. The van der Waals surface area contributed by atoms with Crippen LogP contribution in [0.4, 0.5) is 0 Å². The minimum Gasteiger partial charge on any atom is -0.342 e. The molecule has 1 spiro atoms. The Kier molecular flexibility index (Phi) is 7.70. The Morgan fingerprint density at radius 3 is 2.38 bits per heavy atom. The van der Waals surface area contributed by atoms with Crippen LogP contribution in [0.2, 0.25) is 0 Å². The molecule has 0 aromatic carbocycles. The van der Waals surface area contributed by atoms with E-state index < -0.39 is 5.54 Å². The number of nitrogens with one attached hydrogen (secondary N) is 1. The summed E-state index contributed by atoms with van der Waals surface area (Å²) in [5.41, 5.74) is 3.10. The highest BCUT2D eigenvalue weighted by molar-refractivity contribution is 6.00. The lowest BCUT2D eigenvalue weighted by Crippen LogP contribution is -2.73. The molecular weight excluding hydrogens is 426 g/mol. The van der Waals surface area contributed by atoms with Crippen molar-refractivity contribution in [3.63, 3.8) is 0 Å². The van der Waals surface area contributed by atoms with Gasteiger partial charge < -0.3 is 10.2 Å². The van der Waals surface area contributed by atoms with E-state index in [0.717, 1.165) is 31.7 Å². The molecule has 1 saturated carbocycles. The number of piperidine rings is 1. The van der Waals surface area contributed by atoms with E-state index >= 15 is 0 Å². The largest absolute Gasteiger partial charge is 0.342 e. The smallest absolute Gasteiger partial charge is 0.246 e. The Bertz CT molecular complexity index is 878. The lowest BCUT2D eigenvalue weighted by molar-refractivity contribution is -0.161. The van der Waals surface area contributed by atoms with E-state index in [0.29, 0.717) is 37.8 Å². The second-order valence-corrected chi connectivity index (χ2v) is 11.3. The van der Waals surface area contributed by atoms with Crippen LogP contribution >= 0.6 is 0 Å². The SMILES string of the molecule is CCCN1C(=O)[C@H](CC(C)C)NC(=O)C12CCN(Cc1c(C)nn(C3CCCCC3)c1C)CC2. The van der Waals surface area contributed by atoms with Crippen molar-refractivity contribution in [3.05, 3.63) is 17.0 Å². The van der Waals surface area contributed by atoms with E-state index in [1.807, 2.05) is 4.90 Å². The highest BCUT2D eigenvalue weighted by atomic mass is 16.2. The lowest BCUT2D eigenvalue weighted by atomic mass is 9.80. The van der Waals surface area contributed by atoms with Crippen molar-refractivity contribution in [1.82, 2.24) is 24.9 Å². The zero-order valence-electron chi connectivity index (χ0n) is 22.0. The van der Waals surface area contributed by atoms with Gasteiger partial charge in [-0.05, 0) is 58.3 Å². The van der Waals surface area contributed by atoms with Crippen LogP contribution in [0.5, 0.6) is 0 Å². The van der Waals surface area contributed by atoms with Crippen molar-refractivity contribution in [1.29, 1.82) is 0 Å². The summed E-state index contributed by atoms with van der Waals surface area (Å²) in [6.07, 6.45) is 9.42. The monoisotopic (exact) mass is 471 g/mol. The van der Waals surface area contributed by atoms with Crippen molar-refractivity contribution in [2.75, 3.05) is 19.6 Å². The first-order valence-corrected chi connectivity index (χ1v) is 13.7. The molecule has 1 aliphatic carbocycles. The van der Waals surface area contributed by atoms with E-state index in [1.54, 1.807) is 0 Å². The molecule has 7 heteroatoms. The fourth-order valence-electron chi connectivity index (χ4n) is 6.46. The number of rotatable bonds is 7. The van der Waals surface area contributed by atoms with E-state index in [4.69, 9.17) is 5.10 Å². The fourth-order valence-corrected chi connectivity index (χ4v) is 6.46. The molecule has 7 nitrogen and oxygen atoms in total. The molecule has 1 atom stereocenters. The highest BCUT2D eigenvalue weighted by Gasteiger charge is 2.53. The van der Waals surface area contributed by atoms with Gasteiger partial charge in [0.25, 0.3) is 0 Å². The molecular formula is C27H45N5O2. The summed E-state index contributed by atoms with van der Waals surface area (Å²) in [7, 11) is 0. The van der Waals surface area contributed by atoms with E-state index in [2.05, 4.69) is 49.5 Å². The number of aryl methyl sites for hydroxylation is 1. The van der Waals surface area contributed by atoms with Crippen molar-refractivity contribution in [2.24, 2.45) is 5.92 Å². The van der Waals surface area contributed by atoms with Crippen LogP contribution in [-0.4, -0.2) is 62.6 Å². The molecule has 3 fully saturated rings. The Morgan fingerprint density at radius 2 is 1.76 bits per heavy atom. The predicted octanol–water partition coefficient (Wildman–Crippen LogP) is 4.12. The van der Waals surface area contributed by atoms with E-state index in [-0.39, 0.29) is 17.9 Å². The first kappa shape index (κ1) is 25.2. The molecule has 2 saturated heterocycles. The number of carbonyl (C=O) groups is 2. The number of nitrogens with zero attached hydrogens (tertiary/aromatic N) is 4. The summed E-state index contributed by atoms with van der Waals surface area (Å²) < 4.78 is 2.29. The minimum absolute atomic E-state index is 0.0586. The molecule has 190 valence electrons. The molecule has 1 N–H and O–H groups in total. The van der Waals surface area contributed by atoms with Gasteiger partial charge in [0.15, 0.2) is 0 Å². The summed E-state index contributed by atoms with van der Waals surface area (Å²) in [6.45, 7) is 13.8. The Hall–Kier alpha value is -1.89. The van der Waals surface area contributed by atoms with Crippen LogP contribution in [0.1, 0.15) is 102 Å². The highest BCUT2D eigenvalue weighted by Crippen LogP contribution is 2.35. The minimum atomic E-state index is -0.687. The standard InChI is InChI=1S/C27H45N5O2/c1-6-14-31-25(33)24(17-19(2)3)28-26(34)27(31)12-15-30(16-13-27)18-23-20(4)29-32(21(23)5)22-10-8-7-9-11-22/h19,22,24H,6-18H2,1-5H3,(H,28,34)/t24-/m0/s1. The van der Waals surface area contributed by atoms with Gasteiger partial charge in [0.2, 0.25) is 11.8 Å². The van der Waals surface area contributed by atoms with Crippen molar-refractivity contribution in [2.45, 2.75) is 117 Å². The van der Waals surface area contributed by atoms with E-state index in [1.165, 1.54) is 43.4 Å². The van der Waals surface area contributed by atoms with Crippen LogP contribution < -0.4 is 5.32 Å². The lowest BCUT2D eigenvalue weighted by Gasteiger charge is -2.52. The van der Waals surface area contributed by atoms with Crippen molar-refractivity contribution in [3.8, 4) is 0 Å². The fraction of sp³-hybridized carbons (Fsp3) is 0.815. The zero-order valence-corrected chi connectivity index (χ0v) is 22.0. The van der Waals surface area contributed by atoms with E-state index in [9.17, 15) is 9.59 Å². The molecule has 0 bridgehead atoms. The summed E-state index contributed by atoms with van der Waals surface area (Å²) in [6, 6.07) is 0.169. The van der Waals surface area contributed by atoms with Crippen molar-refractivity contribution >= 4 is 11.8 Å². The molecule has 3 heterocycles. The molecule has 3 aliphatic rings. The normalized spacial score (nSPS) is 24.3. The summed E-state index contributed by atoms with van der Waals surface area (Å²) in [5.74, 6) is 0.544. The van der Waals surface area contributed by atoms with Crippen molar-refractivity contribution < 1.29 is 9.59 Å². The van der Waals surface area contributed by atoms with Gasteiger partial charge in [-0.1, -0.05) is 40.0 Å². The van der Waals surface area contributed by atoms with Crippen LogP contribution in [0.3, 0.4) is 0 Å². The average molecular weight is 472 g/mol. The maximum Gasteiger partial charge on any atom is 0.246 e. The first-order chi connectivity index (χ1) is 16.3. The molecule has 0 unspecified atom stereocenters. The Morgan fingerprint density at radius 1 is 1.09 bits per heavy atom. The van der Waals surface area contributed by atoms with Gasteiger partial charge in [-0.25, -0.2) is 0 Å². The molecule has 1 aromatic heterocycles. The quantitative estimate of drug-likeness (QED) is 0.649. The van der Waals surface area contributed by atoms with Gasteiger partial charge in [0.05, 0.1) is 11.7 Å². The summed E-state index contributed by atoms with van der Waals surface area (Å²) in [4.78, 5) is 31.2. The van der Waals surface area contributed by atoms with Gasteiger partial charge in [0.1, 0.15) is 11.6 Å². The molecule has 2 aliphatic heterocycles. The number of aromatic nitrogens is 2. The third-order valence-corrected chi connectivity index (χ3v) is 8.42. The van der Waals surface area contributed by atoms with Gasteiger partial charge in [-0.2, -0.15) is 5.10 Å². The average Bonchev–Trinajstić information content (AvgIpc) is 3.10. The number of hydrogen-bond donors (Lipinski definition) is 1. The Labute approximate surface area is 205 Å². The predicted molar refractivity (Wildman–Crippen MR) is 134 cm³/mol. The van der Waals surface area contributed by atoms with Crippen LogP contribution in [0.25, 0.3) is 0 Å². The number of likely N-dealkylation sites (tertiary alicyclic amines) is 1. The number of amides is 2. The van der Waals surface area contributed by atoms with Crippen LogP contribution in [-0.2, 0) is 16.1 Å². The first-order valence-electron chi connectivity index (χ1n) is 13.7. The Balaban J connectivity index is 1.45. The van der Waals surface area contributed by atoms with Gasteiger partial charge in [-0.3, -0.25) is 19.2 Å². The topological polar surface area (TPSA) is 70.5 Å². The molecule has 0 radical (unpaired) electrons. The maximum absolute atomic E-state index is 13.4. The molecule has 2 amide bonds. The van der Waals surface area contributed by atoms with Gasteiger partial charge in [-0.15, -0.1) is 0 Å². The van der Waals surface area contributed by atoms with Crippen LogP contribution in [0.15, 0.2) is 0 Å². The zero-order chi connectivity index (χ0) is 24.5. The maximum atomic E-state index is 13.4. The third kappa shape index (κ3) is 4.77. The molecule has 1 aromatic rings. The van der Waals surface area contributed by atoms with Gasteiger partial charge in [0, 0.05) is 37.4 Å².